The lowest BCUT2D eigenvalue weighted by Gasteiger charge is -2.27. The maximum atomic E-state index is 12.5. The third kappa shape index (κ3) is 2.64. The first-order valence-corrected chi connectivity index (χ1v) is 8.60. The van der Waals surface area contributed by atoms with Crippen LogP contribution in [0.15, 0.2) is 58.1 Å². The van der Waals surface area contributed by atoms with Gasteiger partial charge in [-0.25, -0.2) is 9.36 Å². The summed E-state index contributed by atoms with van der Waals surface area (Å²) < 4.78 is 1.03. The van der Waals surface area contributed by atoms with E-state index in [9.17, 15) is 14.7 Å². The minimum Gasteiger partial charge on any atom is -0.494 e. The summed E-state index contributed by atoms with van der Waals surface area (Å²) in [4.78, 5) is 27.2. The van der Waals surface area contributed by atoms with Gasteiger partial charge in [0.05, 0.1) is 22.3 Å². The van der Waals surface area contributed by atoms with E-state index in [0.29, 0.717) is 17.3 Å². The Labute approximate surface area is 153 Å². The van der Waals surface area contributed by atoms with E-state index in [1.165, 1.54) is 0 Å². The van der Waals surface area contributed by atoms with Crippen molar-refractivity contribution in [2.75, 3.05) is 6.54 Å². The van der Waals surface area contributed by atoms with Crippen LogP contribution in [-0.2, 0) is 6.42 Å². The number of aromatic nitrogens is 2. The minimum atomic E-state index is -0.742. The molecule has 0 amide bonds. The summed E-state index contributed by atoms with van der Waals surface area (Å²) in [6.07, 6.45) is 0.829. The highest BCUT2D eigenvalue weighted by Crippen LogP contribution is 2.32. The Hall–Kier alpha value is -2.83. The zero-order valence-electron chi connectivity index (χ0n) is 13.7. The predicted molar refractivity (Wildman–Crippen MR) is 99.3 cm³/mol. The molecule has 0 saturated heterocycles. The van der Waals surface area contributed by atoms with Crippen molar-refractivity contribution in [1.29, 1.82) is 0 Å². The van der Waals surface area contributed by atoms with E-state index in [-0.39, 0.29) is 5.56 Å². The van der Waals surface area contributed by atoms with Gasteiger partial charge >= 0.3 is 5.69 Å². The fourth-order valence-corrected chi connectivity index (χ4v) is 3.64. The van der Waals surface area contributed by atoms with E-state index in [1.807, 2.05) is 24.3 Å². The fourth-order valence-electron chi connectivity index (χ4n) is 3.42. The number of nitrogens with one attached hydrogen (secondary N) is 2. The van der Waals surface area contributed by atoms with Gasteiger partial charge in [0.25, 0.3) is 5.56 Å². The minimum absolute atomic E-state index is 0.0941. The van der Waals surface area contributed by atoms with Gasteiger partial charge in [-0.05, 0) is 29.7 Å². The highest BCUT2D eigenvalue weighted by atomic mass is 35.5. The summed E-state index contributed by atoms with van der Waals surface area (Å²) in [5.41, 5.74) is 1.04. The topological polar surface area (TPSA) is 87.1 Å². The average molecular weight is 370 g/mol. The van der Waals surface area contributed by atoms with Crippen LogP contribution in [0, 0.1) is 0 Å². The Kier molecular flexibility index (Phi) is 4.14. The van der Waals surface area contributed by atoms with Gasteiger partial charge in [0.15, 0.2) is 0 Å². The molecular weight excluding hydrogens is 354 g/mol. The normalized spacial score (nSPS) is 16.3. The maximum Gasteiger partial charge on any atom is 0.335 e. The quantitative estimate of drug-likeness (QED) is 0.645. The second kappa shape index (κ2) is 6.48. The summed E-state index contributed by atoms with van der Waals surface area (Å²) in [6, 6.07) is 13.9. The fraction of sp³-hybridized carbons (Fsp3) is 0.158. The molecule has 26 heavy (non-hydrogen) atoms. The van der Waals surface area contributed by atoms with Gasteiger partial charge in [0, 0.05) is 6.54 Å². The summed E-state index contributed by atoms with van der Waals surface area (Å²) in [5, 5.41) is 14.4. The van der Waals surface area contributed by atoms with E-state index in [0.717, 1.165) is 22.1 Å². The van der Waals surface area contributed by atoms with E-state index in [2.05, 4.69) is 10.3 Å². The standard InChI is InChI=1S/C19H16ClN3O3/c20-13-7-3-4-8-14(13)23-18(25)15(17(24)22-19(23)26)16-12-6-2-1-5-11(12)9-10-21-16/h1-8,16,21,25H,9-10H2,(H,22,24,26)/t16-/m1/s1. The van der Waals surface area contributed by atoms with E-state index in [1.54, 1.807) is 24.3 Å². The molecule has 0 saturated carbocycles. The summed E-state index contributed by atoms with van der Waals surface area (Å²) in [7, 11) is 0. The monoisotopic (exact) mass is 369 g/mol. The number of H-pyrrole nitrogens is 1. The van der Waals surface area contributed by atoms with Gasteiger partial charge in [0.1, 0.15) is 0 Å². The van der Waals surface area contributed by atoms with Crippen molar-refractivity contribution in [1.82, 2.24) is 14.9 Å². The van der Waals surface area contributed by atoms with Crippen LogP contribution in [0.4, 0.5) is 0 Å². The molecule has 0 fully saturated rings. The van der Waals surface area contributed by atoms with Crippen LogP contribution in [0.2, 0.25) is 5.02 Å². The summed E-state index contributed by atoms with van der Waals surface area (Å²) in [5.74, 6) is -0.416. The smallest absolute Gasteiger partial charge is 0.335 e. The van der Waals surface area contributed by atoms with Crippen molar-refractivity contribution in [3.63, 3.8) is 0 Å². The summed E-state index contributed by atoms with van der Waals surface area (Å²) >= 11 is 6.18. The number of aromatic hydroxyl groups is 1. The molecule has 0 radical (unpaired) electrons. The predicted octanol–water partition coefficient (Wildman–Crippen LogP) is 2.12. The SMILES string of the molecule is O=c1[nH]c(=O)n(-c2ccccc2Cl)c(O)c1[C@@H]1NCCc2ccccc21. The second-order valence-electron chi connectivity index (χ2n) is 6.12. The number of halogens is 1. The molecule has 0 bridgehead atoms. The molecule has 3 N–H and O–H groups in total. The van der Waals surface area contributed by atoms with Crippen molar-refractivity contribution in [2.45, 2.75) is 12.5 Å². The number of hydrogen-bond acceptors (Lipinski definition) is 4. The Bertz CT molecular complexity index is 1100. The molecule has 6 nitrogen and oxygen atoms in total. The molecule has 7 heteroatoms. The Morgan fingerprint density at radius 1 is 1.08 bits per heavy atom. The average Bonchev–Trinajstić information content (AvgIpc) is 2.63. The van der Waals surface area contributed by atoms with Gasteiger partial charge in [-0.2, -0.15) is 0 Å². The van der Waals surface area contributed by atoms with Crippen LogP contribution in [0.3, 0.4) is 0 Å². The zero-order valence-corrected chi connectivity index (χ0v) is 14.5. The molecule has 1 aromatic heterocycles. The van der Waals surface area contributed by atoms with E-state index < -0.39 is 23.2 Å². The van der Waals surface area contributed by atoms with Crippen molar-refractivity contribution < 1.29 is 5.11 Å². The molecule has 2 heterocycles. The van der Waals surface area contributed by atoms with Gasteiger partial charge in [-0.3, -0.25) is 9.78 Å². The van der Waals surface area contributed by atoms with Crippen LogP contribution >= 0.6 is 11.6 Å². The molecule has 1 atom stereocenters. The van der Waals surface area contributed by atoms with E-state index in [4.69, 9.17) is 11.6 Å². The highest BCUT2D eigenvalue weighted by Gasteiger charge is 2.28. The number of benzene rings is 2. The number of hydrogen-bond donors (Lipinski definition) is 3. The summed E-state index contributed by atoms with van der Waals surface area (Å²) in [6.45, 7) is 0.659. The van der Waals surface area contributed by atoms with E-state index >= 15 is 0 Å². The van der Waals surface area contributed by atoms with Crippen molar-refractivity contribution >= 4 is 11.6 Å². The zero-order chi connectivity index (χ0) is 18.3. The van der Waals surface area contributed by atoms with Gasteiger partial charge in [-0.15, -0.1) is 0 Å². The van der Waals surface area contributed by atoms with Crippen molar-refractivity contribution in [3.05, 3.63) is 91.1 Å². The first kappa shape index (κ1) is 16.6. The third-order valence-corrected chi connectivity index (χ3v) is 4.93. The molecule has 0 spiro atoms. The Morgan fingerprint density at radius 2 is 1.81 bits per heavy atom. The largest absolute Gasteiger partial charge is 0.494 e. The van der Waals surface area contributed by atoms with Crippen LogP contribution in [0.1, 0.15) is 22.7 Å². The third-order valence-electron chi connectivity index (χ3n) is 4.61. The number of fused-ring (bicyclic) bond motifs is 1. The lowest BCUT2D eigenvalue weighted by Crippen LogP contribution is -2.38. The van der Waals surface area contributed by atoms with Crippen LogP contribution in [0.5, 0.6) is 5.88 Å². The molecule has 3 aromatic rings. The second-order valence-corrected chi connectivity index (χ2v) is 6.53. The van der Waals surface area contributed by atoms with Crippen LogP contribution in [0.25, 0.3) is 5.69 Å². The first-order valence-electron chi connectivity index (χ1n) is 8.22. The van der Waals surface area contributed by atoms with Gasteiger partial charge in [0.2, 0.25) is 5.88 Å². The molecule has 4 rings (SSSR count). The number of para-hydroxylation sites is 1. The molecule has 132 valence electrons. The van der Waals surface area contributed by atoms with Crippen molar-refractivity contribution in [3.8, 4) is 11.6 Å². The van der Waals surface area contributed by atoms with Gasteiger partial charge in [-0.1, -0.05) is 48.0 Å². The van der Waals surface area contributed by atoms with Gasteiger partial charge < -0.3 is 10.4 Å². The molecule has 1 aliphatic rings. The maximum absolute atomic E-state index is 12.5. The first-order chi connectivity index (χ1) is 12.6. The molecule has 0 aliphatic carbocycles. The number of aromatic amines is 1. The number of rotatable bonds is 2. The van der Waals surface area contributed by atoms with Crippen molar-refractivity contribution in [2.24, 2.45) is 0 Å². The Morgan fingerprint density at radius 3 is 2.62 bits per heavy atom. The van der Waals surface area contributed by atoms with Crippen LogP contribution in [-0.4, -0.2) is 21.2 Å². The lowest BCUT2D eigenvalue weighted by molar-refractivity contribution is 0.410. The highest BCUT2D eigenvalue weighted by molar-refractivity contribution is 6.32. The number of nitrogens with zero attached hydrogens (tertiary/aromatic N) is 1. The molecule has 1 aliphatic heterocycles. The van der Waals surface area contributed by atoms with Crippen LogP contribution < -0.4 is 16.6 Å². The lowest BCUT2D eigenvalue weighted by atomic mass is 9.90. The molecule has 2 aromatic carbocycles. The Balaban J connectivity index is 1.98. The molecule has 0 unspecified atom stereocenters. The molecular formula is C19H16ClN3O3.